The van der Waals surface area contributed by atoms with Crippen molar-refractivity contribution in [3.05, 3.63) is 6.04 Å². The van der Waals surface area contributed by atoms with E-state index in [-0.39, 0.29) is 5.75 Å². The lowest BCUT2D eigenvalue weighted by molar-refractivity contribution is 0.486. The fraction of sp³-hybridized carbons (Fsp3) is 0.800. The van der Waals surface area contributed by atoms with Gasteiger partial charge in [-0.1, -0.05) is 19.6 Å². The summed E-state index contributed by atoms with van der Waals surface area (Å²) in [6.07, 6.45) is 0. The molecule has 0 heterocycles. The lowest BCUT2D eigenvalue weighted by Crippen LogP contribution is -2.25. The monoisotopic (exact) mass is 181 g/mol. The third-order valence-electron chi connectivity index (χ3n) is 0.906. The van der Waals surface area contributed by atoms with E-state index in [0.717, 1.165) is 0 Å². The number of hydrogen-bond acceptors (Lipinski definition) is 2. The molecule has 1 radical (unpaired) electrons. The van der Waals surface area contributed by atoms with Crippen LogP contribution in [0, 0.1) is 6.04 Å². The van der Waals surface area contributed by atoms with E-state index < -0.39 is 18.2 Å². The standard InChI is InChI=1S/C5H13O3SSi/c1-10(2,3)5-4-9(6,7)8/h5H,4H2,1-3H3,(H,6,7,8). The molecule has 0 aromatic heterocycles. The van der Waals surface area contributed by atoms with E-state index in [4.69, 9.17) is 4.55 Å². The van der Waals surface area contributed by atoms with Crippen molar-refractivity contribution < 1.29 is 13.0 Å². The minimum atomic E-state index is -3.78. The summed E-state index contributed by atoms with van der Waals surface area (Å²) in [5.74, 6) is -0.206. The normalized spacial score (nSPS) is 13.6. The summed E-state index contributed by atoms with van der Waals surface area (Å²) >= 11 is 0. The molecule has 0 amide bonds. The van der Waals surface area contributed by atoms with Crippen LogP contribution in [-0.2, 0) is 10.1 Å². The topological polar surface area (TPSA) is 54.4 Å². The zero-order valence-electron chi connectivity index (χ0n) is 6.46. The molecule has 1 N–H and O–H groups in total. The van der Waals surface area contributed by atoms with Crippen molar-refractivity contribution in [2.75, 3.05) is 5.75 Å². The minimum Gasteiger partial charge on any atom is -0.286 e. The fourth-order valence-corrected chi connectivity index (χ4v) is 3.20. The van der Waals surface area contributed by atoms with Gasteiger partial charge in [0.25, 0.3) is 10.1 Å². The summed E-state index contributed by atoms with van der Waals surface area (Å²) < 4.78 is 28.8. The quantitative estimate of drug-likeness (QED) is 0.521. The maximum absolute atomic E-state index is 10.2. The third-order valence-corrected chi connectivity index (χ3v) is 3.22. The van der Waals surface area contributed by atoms with Crippen LogP contribution in [0.1, 0.15) is 0 Å². The molecule has 0 saturated carbocycles. The zero-order chi connectivity index (χ0) is 8.41. The minimum absolute atomic E-state index is 0.206. The average Bonchev–Trinajstić information content (AvgIpc) is 1.57. The Morgan fingerprint density at radius 2 is 1.80 bits per heavy atom. The molecule has 0 aliphatic carbocycles. The summed E-state index contributed by atoms with van der Waals surface area (Å²) in [6.45, 7) is 6.04. The van der Waals surface area contributed by atoms with E-state index in [0.29, 0.717) is 0 Å². The molecule has 0 aromatic rings. The summed E-state index contributed by atoms with van der Waals surface area (Å²) in [5, 5.41) is 0. The average molecular weight is 181 g/mol. The van der Waals surface area contributed by atoms with Gasteiger partial charge in [0.1, 0.15) is 0 Å². The number of hydrogen-bond donors (Lipinski definition) is 1. The van der Waals surface area contributed by atoms with Crippen LogP contribution in [0.4, 0.5) is 0 Å². The molecule has 3 nitrogen and oxygen atoms in total. The molecular formula is C5H13O3SSi. The van der Waals surface area contributed by atoms with Gasteiger partial charge in [-0.05, 0) is 6.04 Å². The lowest BCUT2D eigenvalue weighted by atomic mass is 11.0. The molecule has 0 saturated heterocycles. The van der Waals surface area contributed by atoms with Gasteiger partial charge in [-0.2, -0.15) is 8.42 Å². The largest absolute Gasteiger partial charge is 0.286 e. The predicted octanol–water partition coefficient (Wildman–Crippen LogP) is 0.956. The summed E-state index contributed by atoms with van der Waals surface area (Å²) in [7, 11) is -5.21. The molecule has 5 heteroatoms. The first-order chi connectivity index (χ1) is 4.21. The van der Waals surface area contributed by atoms with E-state index in [1.54, 1.807) is 6.04 Å². The second-order valence-electron chi connectivity index (χ2n) is 3.32. The molecule has 10 heavy (non-hydrogen) atoms. The first-order valence-corrected chi connectivity index (χ1v) is 8.19. The Kier molecular flexibility index (Phi) is 3.06. The second kappa shape index (κ2) is 3.02. The zero-order valence-corrected chi connectivity index (χ0v) is 8.27. The Morgan fingerprint density at radius 3 is 1.90 bits per heavy atom. The summed E-state index contributed by atoms with van der Waals surface area (Å²) in [4.78, 5) is 0. The van der Waals surface area contributed by atoms with Gasteiger partial charge in [-0.3, -0.25) is 4.55 Å². The Hall–Kier alpha value is 0.127. The van der Waals surface area contributed by atoms with Gasteiger partial charge in [0.05, 0.1) is 5.75 Å². The van der Waals surface area contributed by atoms with Crippen LogP contribution in [0.25, 0.3) is 0 Å². The van der Waals surface area contributed by atoms with Crippen LogP contribution in [0.15, 0.2) is 0 Å². The Balaban J connectivity index is 3.79. The maximum atomic E-state index is 10.2. The highest BCUT2D eigenvalue weighted by Crippen LogP contribution is 2.05. The van der Waals surface area contributed by atoms with Gasteiger partial charge in [0.2, 0.25) is 0 Å². The summed E-state index contributed by atoms with van der Waals surface area (Å²) in [5.41, 5.74) is 0. The van der Waals surface area contributed by atoms with E-state index in [1.807, 2.05) is 19.6 Å². The van der Waals surface area contributed by atoms with Crippen LogP contribution < -0.4 is 0 Å². The second-order valence-corrected chi connectivity index (χ2v) is 9.96. The Bertz CT molecular complexity index is 189. The third kappa shape index (κ3) is 8.13. The molecule has 61 valence electrons. The molecule has 0 spiro atoms. The van der Waals surface area contributed by atoms with E-state index in [2.05, 4.69) is 0 Å². The van der Waals surface area contributed by atoms with Crippen LogP contribution in [-0.4, -0.2) is 26.8 Å². The maximum Gasteiger partial charge on any atom is 0.264 e. The summed E-state index contributed by atoms with van der Waals surface area (Å²) in [6, 6.07) is 1.70. The van der Waals surface area contributed by atoms with Crippen molar-refractivity contribution in [2.24, 2.45) is 0 Å². The van der Waals surface area contributed by atoms with Crippen molar-refractivity contribution in [3.63, 3.8) is 0 Å². The van der Waals surface area contributed by atoms with E-state index in [9.17, 15) is 8.42 Å². The predicted molar refractivity (Wildman–Crippen MR) is 44.1 cm³/mol. The van der Waals surface area contributed by atoms with Crippen LogP contribution >= 0.6 is 0 Å². The molecule has 0 atom stereocenters. The molecule has 0 aromatic carbocycles. The van der Waals surface area contributed by atoms with E-state index >= 15 is 0 Å². The van der Waals surface area contributed by atoms with Crippen molar-refractivity contribution in [1.82, 2.24) is 0 Å². The highest BCUT2D eigenvalue weighted by molar-refractivity contribution is 7.86. The van der Waals surface area contributed by atoms with Crippen molar-refractivity contribution in [1.29, 1.82) is 0 Å². The SMILES string of the molecule is C[Si](C)(C)[CH]CS(=O)(=O)O. The first kappa shape index (κ1) is 10.1. The van der Waals surface area contributed by atoms with Crippen LogP contribution in [0.3, 0.4) is 0 Å². The smallest absolute Gasteiger partial charge is 0.264 e. The molecule has 0 aliphatic heterocycles. The molecule has 0 unspecified atom stereocenters. The van der Waals surface area contributed by atoms with E-state index in [1.165, 1.54) is 0 Å². The molecule has 0 aliphatic rings. The molecule has 0 rings (SSSR count). The van der Waals surface area contributed by atoms with Crippen molar-refractivity contribution in [2.45, 2.75) is 19.6 Å². The highest BCUT2D eigenvalue weighted by atomic mass is 32.2. The molecule has 0 bridgehead atoms. The van der Waals surface area contributed by atoms with Crippen molar-refractivity contribution in [3.8, 4) is 0 Å². The van der Waals surface area contributed by atoms with Gasteiger partial charge in [0.15, 0.2) is 0 Å². The Morgan fingerprint density at radius 1 is 1.40 bits per heavy atom. The molecule has 0 fully saturated rings. The Labute approximate surface area is 63.2 Å². The van der Waals surface area contributed by atoms with Gasteiger partial charge in [-0.15, -0.1) is 0 Å². The van der Waals surface area contributed by atoms with Gasteiger partial charge in [0, 0.05) is 8.07 Å². The van der Waals surface area contributed by atoms with Crippen molar-refractivity contribution >= 4 is 18.2 Å². The van der Waals surface area contributed by atoms with Gasteiger partial charge in [-0.25, -0.2) is 0 Å². The molecular weight excluding hydrogens is 168 g/mol. The fourth-order valence-electron chi connectivity index (χ4n) is 0.355. The number of rotatable bonds is 3. The van der Waals surface area contributed by atoms with Gasteiger partial charge < -0.3 is 0 Å². The van der Waals surface area contributed by atoms with Crippen LogP contribution in [0.5, 0.6) is 0 Å². The lowest BCUT2D eigenvalue weighted by Gasteiger charge is -2.12. The van der Waals surface area contributed by atoms with Crippen LogP contribution in [0.2, 0.25) is 19.6 Å². The van der Waals surface area contributed by atoms with Gasteiger partial charge >= 0.3 is 0 Å². The highest BCUT2D eigenvalue weighted by Gasteiger charge is 2.16. The first-order valence-electron chi connectivity index (χ1n) is 3.00.